The molecule has 5 aromatic rings. The fourth-order valence-electron chi connectivity index (χ4n) is 4.03. The minimum atomic E-state index is -2.72. The number of pyridine rings is 1. The van der Waals surface area contributed by atoms with Crippen LogP contribution in [-0.2, 0) is 0 Å². The molecule has 0 atom stereocenters. The van der Waals surface area contributed by atoms with Crippen molar-refractivity contribution < 1.29 is 22.5 Å². The van der Waals surface area contributed by atoms with Crippen molar-refractivity contribution in [2.75, 3.05) is 5.32 Å². The molecule has 1 saturated carbocycles. The average Bonchev–Trinajstić information content (AvgIpc) is 3.58. The standard InChI is InChI=1S/C23H16F3N7O2/c24-16-3-1-12(20-31-22(35-32-20)14-6-23(25,26)7-14)5-17(16)30-21(34)18-10-27-19-4-2-13(11-33(18)19)15-8-28-29-9-15/h1-5,8-11,14H,6-7H2,(H,28,29)(H,30,34). The lowest BCUT2D eigenvalue weighted by atomic mass is 9.81. The van der Waals surface area contributed by atoms with E-state index in [2.05, 4.69) is 30.6 Å². The largest absolute Gasteiger partial charge is 0.339 e. The average molecular weight is 479 g/mol. The van der Waals surface area contributed by atoms with Gasteiger partial charge in [0.15, 0.2) is 0 Å². The number of amides is 1. The minimum absolute atomic E-state index is 0.102. The third kappa shape index (κ3) is 3.82. The molecule has 2 N–H and O–H groups in total. The molecule has 9 nitrogen and oxygen atoms in total. The Morgan fingerprint density at radius 2 is 1.97 bits per heavy atom. The number of fused-ring (bicyclic) bond motifs is 1. The Morgan fingerprint density at radius 1 is 1.14 bits per heavy atom. The Morgan fingerprint density at radius 3 is 2.74 bits per heavy atom. The van der Waals surface area contributed by atoms with E-state index >= 15 is 0 Å². The summed E-state index contributed by atoms with van der Waals surface area (Å²) in [4.78, 5) is 21.4. The lowest BCUT2D eigenvalue weighted by molar-refractivity contribution is -0.0925. The van der Waals surface area contributed by atoms with Crippen LogP contribution in [0.3, 0.4) is 0 Å². The van der Waals surface area contributed by atoms with Crippen molar-refractivity contribution in [3.05, 3.63) is 72.5 Å². The summed E-state index contributed by atoms with van der Waals surface area (Å²) in [6.07, 6.45) is 5.81. The molecule has 4 aromatic heterocycles. The van der Waals surface area contributed by atoms with E-state index in [1.54, 1.807) is 29.1 Å². The number of hydrogen-bond acceptors (Lipinski definition) is 6. The molecular formula is C23H16F3N7O2. The van der Waals surface area contributed by atoms with E-state index in [0.29, 0.717) is 11.2 Å². The maximum Gasteiger partial charge on any atom is 0.274 e. The number of halogens is 3. The number of carbonyl (C=O) groups is 1. The van der Waals surface area contributed by atoms with Crippen molar-refractivity contribution in [2.24, 2.45) is 0 Å². The van der Waals surface area contributed by atoms with Gasteiger partial charge in [0.05, 0.1) is 18.1 Å². The molecule has 6 rings (SSSR count). The van der Waals surface area contributed by atoms with Crippen molar-refractivity contribution in [3.8, 4) is 22.5 Å². The first-order valence-electron chi connectivity index (χ1n) is 10.7. The number of carbonyl (C=O) groups excluding carboxylic acids is 1. The predicted octanol–water partition coefficient (Wildman–Crippen LogP) is 4.68. The summed E-state index contributed by atoms with van der Waals surface area (Å²) in [5.41, 5.74) is 2.64. The summed E-state index contributed by atoms with van der Waals surface area (Å²) in [5.74, 6) is -4.25. The normalized spacial score (nSPS) is 15.3. The Kier molecular flexibility index (Phi) is 4.69. The third-order valence-corrected chi connectivity index (χ3v) is 5.92. The van der Waals surface area contributed by atoms with Crippen LogP contribution in [0.5, 0.6) is 0 Å². The first kappa shape index (κ1) is 21.1. The van der Waals surface area contributed by atoms with Crippen LogP contribution < -0.4 is 5.32 Å². The molecule has 0 radical (unpaired) electrons. The molecule has 1 amide bonds. The maximum absolute atomic E-state index is 14.5. The third-order valence-electron chi connectivity index (χ3n) is 5.92. The van der Waals surface area contributed by atoms with E-state index in [1.165, 1.54) is 18.3 Å². The van der Waals surface area contributed by atoms with Crippen molar-refractivity contribution in [3.63, 3.8) is 0 Å². The molecule has 1 aliphatic rings. The Bertz CT molecular complexity index is 1550. The monoisotopic (exact) mass is 479 g/mol. The zero-order chi connectivity index (χ0) is 24.2. The molecule has 0 saturated heterocycles. The van der Waals surface area contributed by atoms with E-state index in [0.717, 1.165) is 17.2 Å². The molecule has 35 heavy (non-hydrogen) atoms. The first-order chi connectivity index (χ1) is 16.9. The summed E-state index contributed by atoms with van der Waals surface area (Å²) in [7, 11) is 0. The molecule has 1 aromatic carbocycles. The maximum atomic E-state index is 14.5. The van der Waals surface area contributed by atoms with Crippen LogP contribution in [0.15, 0.2) is 59.6 Å². The van der Waals surface area contributed by atoms with Crippen molar-refractivity contribution in [1.82, 2.24) is 29.7 Å². The number of rotatable bonds is 5. The molecule has 1 fully saturated rings. The van der Waals surface area contributed by atoms with Gasteiger partial charge in [-0.1, -0.05) is 5.16 Å². The van der Waals surface area contributed by atoms with Gasteiger partial charge >= 0.3 is 0 Å². The molecule has 4 heterocycles. The van der Waals surface area contributed by atoms with Gasteiger partial charge in [-0.25, -0.2) is 18.2 Å². The molecule has 12 heteroatoms. The van der Waals surface area contributed by atoms with Gasteiger partial charge in [-0.05, 0) is 30.3 Å². The van der Waals surface area contributed by atoms with Gasteiger partial charge in [0.2, 0.25) is 17.6 Å². The van der Waals surface area contributed by atoms with Gasteiger partial charge < -0.3 is 9.84 Å². The summed E-state index contributed by atoms with van der Waals surface area (Å²) in [5, 5.41) is 13.0. The molecule has 176 valence electrons. The smallest absolute Gasteiger partial charge is 0.274 e. The molecule has 1 aliphatic carbocycles. The van der Waals surface area contributed by atoms with E-state index in [-0.39, 0.29) is 35.9 Å². The van der Waals surface area contributed by atoms with Crippen LogP contribution in [0.2, 0.25) is 0 Å². The van der Waals surface area contributed by atoms with Gasteiger partial charge in [0, 0.05) is 47.8 Å². The van der Waals surface area contributed by atoms with Crippen LogP contribution in [0, 0.1) is 5.82 Å². The highest BCUT2D eigenvalue weighted by atomic mass is 19.3. The van der Waals surface area contributed by atoms with Gasteiger partial charge in [0.25, 0.3) is 5.91 Å². The number of imidazole rings is 1. The highest BCUT2D eigenvalue weighted by Gasteiger charge is 2.48. The predicted molar refractivity (Wildman–Crippen MR) is 117 cm³/mol. The van der Waals surface area contributed by atoms with E-state index in [4.69, 9.17) is 4.52 Å². The van der Waals surface area contributed by atoms with Gasteiger partial charge in [0.1, 0.15) is 17.2 Å². The second-order valence-electron chi connectivity index (χ2n) is 8.34. The highest BCUT2D eigenvalue weighted by Crippen LogP contribution is 2.48. The number of alkyl halides is 2. The zero-order valence-electron chi connectivity index (χ0n) is 17.9. The SMILES string of the molecule is O=C(Nc1cc(-c2noc(C3CC(F)(F)C3)n2)ccc1F)c1cnc2ccc(-c3cn[nH]c3)cn12. The lowest BCUT2D eigenvalue weighted by Gasteiger charge is -2.31. The van der Waals surface area contributed by atoms with E-state index in [9.17, 15) is 18.0 Å². The quantitative estimate of drug-likeness (QED) is 0.378. The summed E-state index contributed by atoms with van der Waals surface area (Å²) < 4.78 is 47.6. The van der Waals surface area contributed by atoms with Crippen LogP contribution in [0.1, 0.15) is 35.1 Å². The fraction of sp³-hybridized carbons (Fsp3) is 0.174. The lowest BCUT2D eigenvalue weighted by Crippen LogP contribution is -2.33. The van der Waals surface area contributed by atoms with Crippen LogP contribution >= 0.6 is 0 Å². The van der Waals surface area contributed by atoms with Crippen molar-refractivity contribution >= 4 is 17.2 Å². The van der Waals surface area contributed by atoms with Crippen LogP contribution in [-0.4, -0.2) is 41.6 Å². The Balaban J connectivity index is 1.26. The Labute approximate surface area is 195 Å². The van der Waals surface area contributed by atoms with Gasteiger partial charge in [-0.3, -0.25) is 14.3 Å². The first-order valence-corrected chi connectivity index (χ1v) is 10.7. The van der Waals surface area contributed by atoms with Gasteiger partial charge in [-0.2, -0.15) is 10.1 Å². The number of H-pyrrole nitrogens is 1. The van der Waals surface area contributed by atoms with Crippen LogP contribution in [0.25, 0.3) is 28.2 Å². The number of aromatic nitrogens is 6. The topological polar surface area (TPSA) is 114 Å². The summed E-state index contributed by atoms with van der Waals surface area (Å²) >= 11 is 0. The molecule has 0 aliphatic heterocycles. The molecular weight excluding hydrogens is 463 g/mol. The zero-order valence-corrected chi connectivity index (χ0v) is 17.9. The molecule has 0 bridgehead atoms. The minimum Gasteiger partial charge on any atom is -0.339 e. The van der Waals surface area contributed by atoms with Crippen molar-refractivity contribution in [1.29, 1.82) is 0 Å². The second-order valence-corrected chi connectivity index (χ2v) is 8.34. The molecule has 0 spiro atoms. The molecule has 0 unspecified atom stereocenters. The van der Waals surface area contributed by atoms with Gasteiger partial charge in [-0.15, -0.1) is 0 Å². The second kappa shape index (κ2) is 7.79. The fourth-order valence-corrected chi connectivity index (χ4v) is 4.03. The number of nitrogens with one attached hydrogen (secondary N) is 2. The highest BCUT2D eigenvalue weighted by molar-refractivity contribution is 6.03. The van der Waals surface area contributed by atoms with E-state index in [1.807, 2.05) is 6.07 Å². The number of benzene rings is 1. The van der Waals surface area contributed by atoms with E-state index < -0.39 is 23.6 Å². The number of aromatic amines is 1. The van der Waals surface area contributed by atoms with Crippen molar-refractivity contribution in [2.45, 2.75) is 24.7 Å². The number of hydrogen-bond donors (Lipinski definition) is 2. The number of nitrogens with zero attached hydrogens (tertiary/aromatic N) is 5. The summed E-state index contributed by atoms with van der Waals surface area (Å²) in [6.45, 7) is 0. The Hall–Kier alpha value is -4.48. The number of anilines is 1. The van der Waals surface area contributed by atoms with Crippen LogP contribution in [0.4, 0.5) is 18.9 Å². The summed E-state index contributed by atoms with van der Waals surface area (Å²) in [6, 6.07) is 7.54.